The molecule has 41 heavy (non-hydrogen) atoms. The van der Waals surface area contributed by atoms with Crippen LogP contribution in [-0.4, -0.2) is 67.2 Å². The van der Waals surface area contributed by atoms with E-state index in [4.69, 9.17) is 18.0 Å². The first kappa shape index (κ1) is 39.2. The normalized spacial score (nSPS) is 23.4. The maximum absolute atomic E-state index is 10.0. The van der Waals surface area contributed by atoms with Gasteiger partial charge in [0.25, 0.3) is 0 Å². The minimum absolute atomic E-state index is 0.0366. The molecule has 5 nitrogen and oxygen atoms in total. The minimum atomic E-state index is -2.05. The Bertz CT molecular complexity index is 805. The Balaban J connectivity index is 3.37. The molecule has 1 saturated heterocycles. The summed E-state index contributed by atoms with van der Waals surface area (Å²) in [6, 6.07) is 0. The molecule has 0 aliphatic carbocycles. The van der Waals surface area contributed by atoms with E-state index >= 15 is 0 Å². The summed E-state index contributed by atoms with van der Waals surface area (Å²) < 4.78 is 27.7. The van der Waals surface area contributed by atoms with Crippen LogP contribution in [0.25, 0.3) is 0 Å². The highest BCUT2D eigenvalue weighted by Gasteiger charge is 2.48. The first-order valence-electron chi connectivity index (χ1n) is 16.4. The molecule has 1 aliphatic rings. The average molecular weight is 631 g/mol. The fraction of sp³-hybridized carbons (Fsp3) is 0.939. The number of aliphatic hydroxyl groups is 1. The highest BCUT2D eigenvalue weighted by Crippen LogP contribution is 2.43. The molecule has 0 radical (unpaired) electrons. The molecule has 1 heterocycles. The van der Waals surface area contributed by atoms with Crippen molar-refractivity contribution in [3.8, 4) is 0 Å². The summed E-state index contributed by atoms with van der Waals surface area (Å²) in [7, 11) is -6.02. The molecule has 1 N–H and O–H groups in total. The highest BCUT2D eigenvalue weighted by molar-refractivity contribution is 6.75. The minimum Gasteiger partial charge on any atom is -0.411 e. The van der Waals surface area contributed by atoms with Gasteiger partial charge in [-0.25, -0.2) is 0 Å². The Labute approximate surface area is 258 Å². The predicted molar refractivity (Wildman–Crippen MR) is 184 cm³/mol. The summed E-state index contributed by atoms with van der Waals surface area (Å²) in [6.07, 6.45) is 10.1. The molecule has 0 bridgehead atoms. The molecule has 0 aromatic carbocycles. The van der Waals surface area contributed by atoms with Crippen molar-refractivity contribution >= 4 is 25.0 Å². The molecule has 1 fully saturated rings. The van der Waals surface area contributed by atoms with Crippen molar-refractivity contribution in [1.82, 2.24) is 0 Å². The lowest BCUT2D eigenvalue weighted by atomic mass is 10.0. The standard InChI is InChI=1S/C33H70O5Si3/c1-17-18-19-20-26(36-39(11,12)31(2,3)4)21-22-27-30(38-41(15,16)33(8,9)10)25-29(35-27)28(23-24-34)37-40(13,14)32(5,6)7/h21-22,26-30,34H,17-20,23-25H2,1-16H3/b22-21+/t26?,27-,28+,29-,30-/m0/s1. The van der Waals surface area contributed by atoms with Crippen LogP contribution >= 0.6 is 0 Å². The quantitative estimate of drug-likeness (QED) is 0.111. The summed E-state index contributed by atoms with van der Waals surface area (Å²) in [5.41, 5.74) is 0. The number of hydrogen-bond acceptors (Lipinski definition) is 5. The molecule has 0 saturated carbocycles. The van der Waals surface area contributed by atoms with Crippen LogP contribution < -0.4 is 0 Å². The maximum Gasteiger partial charge on any atom is 0.192 e. The third-order valence-corrected chi connectivity index (χ3v) is 23.9. The zero-order valence-electron chi connectivity index (χ0n) is 30.1. The van der Waals surface area contributed by atoms with E-state index in [2.05, 4.69) is 121 Å². The van der Waals surface area contributed by atoms with Crippen LogP contribution in [0.3, 0.4) is 0 Å². The van der Waals surface area contributed by atoms with E-state index in [0.717, 1.165) is 19.3 Å². The van der Waals surface area contributed by atoms with Crippen molar-refractivity contribution in [2.75, 3.05) is 6.61 Å². The van der Waals surface area contributed by atoms with Gasteiger partial charge in [-0.05, 0) is 67.2 Å². The Hall–Kier alpha value is 0.191. The Kier molecular flexibility index (Phi) is 14.3. The van der Waals surface area contributed by atoms with Crippen LogP contribution in [0, 0.1) is 0 Å². The lowest BCUT2D eigenvalue weighted by Gasteiger charge is -2.40. The lowest BCUT2D eigenvalue weighted by Crippen LogP contribution is -2.47. The fourth-order valence-corrected chi connectivity index (χ4v) is 8.40. The van der Waals surface area contributed by atoms with Crippen molar-refractivity contribution in [3.05, 3.63) is 12.2 Å². The molecule has 5 atom stereocenters. The Morgan fingerprint density at radius 3 is 1.76 bits per heavy atom. The third-order valence-electron chi connectivity index (χ3n) is 10.4. The second-order valence-electron chi connectivity index (χ2n) is 17.0. The average Bonchev–Trinajstić information content (AvgIpc) is 3.16. The molecule has 1 aliphatic heterocycles. The SMILES string of the molecule is CCCCCC(/C=C/[C@@H]1O[C@H]([C@@H](CCO)O[Si](C)(C)C(C)(C)C)C[C@@H]1O[Si](C)(C)C(C)(C)C)O[Si](C)(C)C(C)(C)C. The molecular formula is C33H70O5Si3. The van der Waals surface area contributed by atoms with E-state index in [1.807, 2.05) is 0 Å². The largest absolute Gasteiger partial charge is 0.411 e. The van der Waals surface area contributed by atoms with Crippen LogP contribution in [0.1, 0.15) is 108 Å². The first-order valence-corrected chi connectivity index (χ1v) is 25.1. The molecule has 1 unspecified atom stereocenters. The molecule has 0 aromatic heterocycles. The van der Waals surface area contributed by atoms with E-state index in [9.17, 15) is 5.11 Å². The van der Waals surface area contributed by atoms with E-state index in [0.29, 0.717) is 6.42 Å². The number of hydrogen-bond donors (Lipinski definition) is 1. The molecule has 0 spiro atoms. The van der Waals surface area contributed by atoms with E-state index < -0.39 is 25.0 Å². The predicted octanol–water partition coefficient (Wildman–Crippen LogP) is 9.83. The summed E-state index contributed by atoms with van der Waals surface area (Å²) >= 11 is 0. The fourth-order valence-electron chi connectivity index (χ4n) is 4.37. The van der Waals surface area contributed by atoms with Gasteiger partial charge < -0.3 is 23.1 Å². The third kappa shape index (κ3) is 11.6. The van der Waals surface area contributed by atoms with Gasteiger partial charge in [0.15, 0.2) is 25.0 Å². The molecule has 8 heteroatoms. The van der Waals surface area contributed by atoms with E-state index in [1.54, 1.807) is 0 Å². The number of rotatable bonds is 15. The molecule has 244 valence electrons. The summed E-state index contributed by atoms with van der Waals surface area (Å²) in [4.78, 5) is 0. The van der Waals surface area contributed by atoms with Crippen molar-refractivity contribution in [1.29, 1.82) is 0 Å². The van der Waals surface area contributed by atoms with Gasteiger partial charge in [-0.1, -0.05) is 101 Å². The number of aliphatic hydroxyl groups excluding tert-OH is 1. The van der Waals surface area contributed by atoms with E-state index in [-0.39, 0.29) is 52.2 Å². The van der Waals surface area contributed by atoms with Crippen LogP contribution in [-0.2, 0) is 18.0 Å². The summed E-state index contributed by atoms with van der Waals surface area (Å²) in [5.74, 6) is 0. The second kappa shape index (κ2) is 15.0. The van der Waals surface area contributed by atoms with Gasteiger partial charge >= 0.3 is 0 Å². The van der Waals surface area contributed by atoms with Crippen LogP contribution in [0.2, 0.25) is 54.4 Å². The van der Waals surface area contributed by atoms with E-state index in [1.165, 1.54) is 12.8 Å². The van der Waals surface area contributed by atoms with Crippen molar-refractivity contribution in [3.63, 3.8) is 0 Å². The van der Waals surface area contributed by atoms with Gasteiger partial charge in [0.1, 0.15) is 6.10 Å². The van der Waals surface area contributed by atoms with Gasteiger partial charge in [-0.15, -0.1) is 0 Å². The van der Waals surface area contributed by atoms with Gasteiger partial charge in [0, 0.05) is 13.0 Å². The van der Waals surface area contributed by atoms with Crippen molar-refractivity contribution < 1.29 is 23.1 Å². The number of unbranched alkanes of at least 4 members (excludes halogenated alkanes) is 2. The topological polar surface area (TPSA) is 57.2 Å². The monoisotopic (exact) mass is 630 g/mol. The second-order valence-corrected chi connectivity index (χ2v) is 31.3. The summed E-state index contributed by atoms with van der Waals surface area (Å²) in [5, 5.41) is 10.4. The maximum atomic E-state index is 10.0. The zero-order valence-corrected chi connectivity index (χ0v) is 33.1. The highest BCUT2D eigenvalue weighted by atomic mass is 28.4. The van der Waals surface area contributed by atoms with Crippen LogP contribution in [0.4, 0.5) is 0 Å². The van der Waals surface area contributed by atoms with Crippen molar-refractivity contribution in [2.45, 2.75) is 193 Å². The van der Waals surface area contributed by atoms with Gasteiger partial charge in [0.2, 0.25) is 0 Å². The molecule has 1 rings (SSSR count). The Morgan fingerprint density at radius 1 is 0.780 bits per heavy atom. The van der Waals surface area contributed by atoms with Gasteiger partial charge in [-0.3, -0.25) is 0 Å². The van der Waals surface area contributed by atoms with Crippen LogP contribution in [0.15, 0.2) is 12.2 Å². The van der Waals surface area contributed by atoms with Gasteiger partial charge in [-0.2, -0.15) is 0 Å². The van der Waals surface area contributed by atoms with Crippen LogP contribution in [0.5, 0.6) is 0 Å². The first-order chi connectivity index (χ1) is 18.4. The summed E-state index contributed by atoms with van der Waals surface area (Å²) in [6.45, 7) is 36.9. The molecule has 0 aromatic rings. The number of ether oxygens (including phenoxy) is 1. The van der Waals surface area contributed by atoms with Crippen molar-refractivity contribution in [2.24, 2.45) is 0 Å². The molecular weight excluding hydrogens is 561 g/mol. The zero-order chi connectivity index (χ0) is 32.1. The smallest absolute Gasteiger partial charge is 0.192 e. The van der Waals surface area contributed by atoms with Gasteiger partial charge in [0.05, 0.1) is 24.4 Å². The molecule has 0 amide bonds. The Morgan fingerprint density at radius 2 is 1.29 bits per heavy atom. The lowest BCUT2D eigenvalue weighted by molar-refractivity contribution is -0.0286.